The van der Waals surface area contributed by atoms with Crippen LogP contribution < -0.4 is 10.5 Å². The number of nitrogens with zero attached hydrogens (tertiary/aromatic N) is 1. The molecule has 5 nitrogen and oxygen atoms in total. The Kier molecular flexibility index (Phi) is 4.39. The van der Waals surface area contributed by atoms with E-state index in [1.807, 2.05) is 25.1 Å². The topological polar surface area (TPSA) is 64.8 Å². The second-order valence-electron chi connectivity index (χ2n) is 4.67. The first-order chi connectivity index (χ1) is 9.17. The molecule has 0 spiro atoms. The SMILES string of the molecule is COc1ccc(C)cc1C(=O)N1CCOCC1CN. The number of amides is 1. The van der Waals surface area contributed by atoms with Crippen molar-refractivity contribution >= 4 is 5.91 Å². The largest absolute Gasteiger partial charge is 0.496 e. The molecular formula is C14H20N2O3. The van der Waals surface area contributed by atoms with Crippen LogP contribution in [0, 0.1) is 6.92 Å². The van der Waals surface area contributed by atoms with Crippen LogP contribution in [0.5, 0.6) is 5.75 Å². The van der Waals surface area contributed by atoms with E-state index in [0.717, 1.165) is 5.56 Å². The number of benzene rings is 1. The molecule has 1 aromatic carbocycles. The lowest BCUT2D eigenvalue weighted by Gasteiger charge is -2.35. The van der Waals surface area contributed by atoms with Gasteiger partial charge in [-0.1, -0.05) is 11.6 Å². The Morgan fingerprint density at radius 2 is 2.37 bits per heavy atom. The zero-order valence-electron chi connectivity index (χ0n) is 11.4. The van der Waals surface area contributed by atoms with Crippen molar-refractivity contribution in [1.82, 2.24) is 4.90 Å². The monoisotopic (exact) mass is 264 g/mol. The number of hydrogen-bond acceptors (Lipinski definition) is 4. The summed E-state index contributed by atoms with van der Waals surface area (Å²) in [5.74, 6) is 0.553. The van der Waals surface area contributed by atoms with Crippen LogP contribution in [-0.4, -0.2) is 50.3 Å². The van der Waals surface area contributed by atoms with Gasteiger partial charge >= 0.3 is 0 Å². The predicted octanol–water partition coefficient (Wildman–Crippen LogP) is 0.803. The van der Waals surface area contributed by atoms with Crippen molar-refractivity contribution in [2.75, 3.05) is 33.4 Å². The first-order valence-electron chi connectivity index (χ1n) is 6.40. The van der Waals surface area contributed by atoms with Crippen molar-refractivity contribution in [2.45, 2.75) is 13.0 Å². The Morgan fingerprint density at radius 3 is 3.05 bits per heavy atom. The van der Waals surface area contributed by atoms with Crippen LogP contribution >= 0.6 is 0 Å². The molecule has 1 aliphatic rings. The summed E-state index contributed by atoms with van der Waals surface area (Å²) in [4.78, 5) is 14.4. The van der Waals surface area contributed by atoms with Gasteiger partial charge in [0.25, 0.3) is 5.91 Å². The summed E-state index contributed by atoms with van der Waals surface area (Å²) < 4.78 is 10.6. The van der Waals surface area contributed by atoms with E-state index < -0.39 is 0 Å². The summed E-state index contributed by atoms with van der Waals surface area (Å²) in [5, 5.41) is 0. The van der Waals surface area contributed by atoms with Gasteiger partial charge in [-0.15, -0.1) is 0 Å². The average molecular weight is 264 g/mol. The maximum absolute atomic E-state index is 12.6. The molecule has 104 valence electrons. The Morgan fingerprint density at radius 1 is 1.58 bits per heavy atom. The molecule has 0 saturated carbocycles. The van der Waals surface area contributed by atoms with Crippen molar-refractivity contribution < 1.29 is 14.3 Å². The van der Waals surface area contributed by atoms with Crippen LogP contribution in [0.3, 0.4) is 0 Å². The molecule has 1 heterocycles. The highest BCUT2D eigenvalue weighted by atomic mass is 16.5. The Balaban J connectivity index is 2.29. The lowest BCUT2D eigenvalue weighted by Crippen LogP contribution is -2.52. The predicted molar refractivity (Wildman–Crippen MR) is 72.4 cm³/mol. The van der Waals surface area contributed by atoms with E-state index in [4.69, 9.17) is 15.2 Å². The summed E-state index contributed by atoms with van der Waals surface area (Å²) >= 11 is 0. The fraction of sp³-hybridized carbons (Fsp3) is 0.500. The van der Waals surface area contributed by atoms with Crippen LogP contribution in [0.25, 0.3) is 0 Å². The molecule has 1 aromatic rings. The normalized spacial score (nSPS) is 19.3. The molecule has 0 aromatic heterocycles. The molecule has 1 fully saturated rings. The third-order valence-corrected chi connectivity index (χ3v) is 3.35. The number of hydrogen-bond donors (Lipinski definition) is 1. The first kappa shape index (κ1) is 13.8. The van der Waals surface area contributed by atoms with E-state index in [1.165, 1.54) is 0 Å². The molecule has 0 bridgehead atoms. The molecule has 0 aliphatic carbocycles. The molecule has 2 N–H and O–H groups in total. The fourth-order valence-electron chi connectivity index (χ4n) is 2.26. The summed E-state index contributed by atoms with van der Waals surface area (Å²) in [7, 11) is 1.57. The van der Waals surface area contributed by atoms with Gasteiger partial charge in [-0.05, 0) is 19.1 Å². The lowest BCUT2D eigenvalue weighted by molar-refractivity contribution is 0.000686. The number of nitrogens with two attached hydrogens (primary N) is 1. The maximum atomic E-state index is 12.6. The van der Waals surface area contributed by atoms with E-state index in [-0.39, 0.29) is 11.9 Å². The zero-order valence-corrected chi connectivity index (χ0v) is 11.4. The highest BCUT2D eigenvalue weighted by Gasteiger charge is 2.28. The second kappa shape index (κ2) is 6.04. The average Bonchev–Trinajstić information content (AvgIpc) is 2.46. The molecule has 19 heavy (non-hydrogen) atoms. The lowest BCUT2D eigenvalue weighted by atomic mass is 10.1. The number of aryl methyl sites for hydroxylation is 1. The minimum atomic E-state index is -0.0635. The molecule has 1 unspecified atom stereocenters. The quantitative estimate of drug-likeness (QED) is 0.877. The second-order valence-corrected chi connectivity index (χ2v) is 4.67. The van der Waals surface area contributed by atoms with E-state index in [9.17, 15) is 4.79 Å². The van der Waals surface area contributed by atoms with Gasteiger partial charge in [0, 0.05) is 13.1 Å². The minimum Gasteiger partial charge on any atom is -0.496 e. The summed E-state index contributed by atoms with van der Waals surface area (Å²) in [6.07, 6.45) is 0. The number of methoxy groups -OCH3 is 1. The van der Waals surface area contributed by atoms with E-state index in [2.05, 4.69) is 0 Å². The number of carbonyl (C=O) groups is 1. The number of carbonyl (C=O) groups excluding carboxylic acids is 1. The summed E-state index contributed by atoms with van der Waals surface area (Å²) in [6, 6.07) is 5.53. The molecule has 1 atom stereocenters. The molecular weight excluding hydrogens is 244 g/mol. The fourth-order valence-corrected chi connectivity index (χ4v) is 2.26. The molecule has 1 aliphatic heterocycles. The molecule has 2 rings (SSSR count). The molecule has 1 amide bonds. The minimum absolute atomic E-state index is 0.0423. The third-order valence-electron chi connectivity index (χ3n) is 3.35. The van der Waals surface area contributed by atoms with E-state index >= 15 is 0 Å². The van der Waals surface area contributed by atoms with Crippen molar-refractivity contribution in [1.29, 1.82) is 0 Å². The van der Waals surface area contributed by atoms with Gasteiger partial charge in [0.1, 0.15) is 5.75 Å². The highest BCUT2D eigenvalue weighted by Crippen LogP contribution is 2.23. The van der Waals surface area contributed by atoms with Gasteiger partial charge in [0.05, 0.1) is 31.9 Å². The van der Waals surface area contributed by atoms with Crippen LogP contribution in [0.2, 0.25) is 0 Å². The Hall–Kier alpha value is -1.59. The van der Waals surface area contributed by atoms with Crippen LogP contribution in [0.1, 0.15) is 15.9 Å². The first-order valence-corrected chi connectivity index (χ1v) is 6.40. The van der Waals surface area contributed by atoms with Gasteiger partial charge < -0.3 is 20.1 Å². The number of morpholine rings is 1. The van der Waals surface area contributed by atoms with Crippen molar-refractivity contribution in [2.24, 2.45) is 5.73 Å². The summed E-state index contributed by atoms with van der Waals surface area (Å²) in [5.41, 5.74) is 7.32. The van der Waals surface area contributed by atoms with Gasteiger partial charge in [0.2, 0.25) is 0 Å². The van der Waals surface area contributed by atoms with Crippen LogP contribution in [-0.2, 0) is 4.74 Å². The smallest absolute Gasteiger partial charge is 0.258 e. The Bertz CT molecular complexity index is 462. The third kappa shape index (κ3) is 2.88. The van der Waals surface area contributed by atoms with Gasteiger partial charge in [0.15, 0.2) is 0 Å². The molecule has 0 radical (unpaired) electrons. The van der Waals surface area contributed by atoms with E-state index in [0.29, 0.717) is 37.6 Å². The van der Waals surface area contributed by atoms with Gasteiger partial charge in [-0.25, -0.2) is 0 Å². The zero-order chi connectivity index (χ0) is 13.8. The molecule has 1 saturated heterocycles. The van der Waals surface area contributed by atoms with E-state index in [1.54, 1.807) is 12.0 Å². The van der Waals surface area contributed by atoms with Crippen molar-refractivity contribution in [3.05, 3.63) is 29.3 Å². The van der Waals surface area contributed by atoms with Crippen molar-refractivity contribution in [3.63, 3.8) is 0 Å². The van der Waals surface area contributed by atoms with Gasteiger partial charge in [-0.2, -0.15) is 0 Å². The standard InChI is InChI=1S/C14H20N2O3/c1-10-3-4-13(18-2)12(7-10)14(17)16-5-6-19-9-11(16)8-15/h3-4,7,11H,5-6,8-9,15H2,1-2H3. The number of ether oxygens (including phenoxy) is 2. The highest BCUT2D eigenvalue weighted by molar-refractivity contribution is 5.97. The van der Waals surface area contributed by atoms with Gasteiger partial charge in [-0.3, -0.25) is 4.79 Å². The molecule has 5 heteroatoms. The van der Waals surface area contributed by atoms with Crippen LogP contribution in [0.4, 0.5) is 0 Å². The maximum Gasteiger partial charge on any atom is 0.258 e. The number of rotatable bonds is 3. The Labute approximate surface area is 113 Å². The van der Waals surface area contributed by atoms with Crippen LogP contribution in [0.15, 0.2) is 18.2 Å². The van der Waals surface area contributed by atoms with Crippen molar-refractivity contribution in [3.8, 4) is 5.75 Å². The summed E-state index contributed by atoms with van der Waals surface area (Å²) in [6.45, 7) is 3.97.